The highest BCUT2D eigenvalue weighted by Gasteiger charge is 2.21. The van der Waals surface area contributed by atoms with Crippen LogP contribution in [0.2, 0.25) is 5.02 Å². The molecule has 0 saturated heterocycles. The Morgan fingerprint density at radius 2 is 1.67 bits per heavy atom. The topological polar surface area (TPSA) is 38.3 Å². The summed E-state index contributed by atoms with van der Waals surface area (Å²) < 4.78 is 5.81. The van der Waals surface area contributed by atoms with E-state index < -0.39 is 6.10 Å². The van der Waals surface area contributed by atoms with Crippen molar-refractivity contribution in [1.29, 1.82) is 0 Å². The Morgan fingerprint density at radius 1 is 1.04 bits per heavy atom. The van der Waals surface area contributed by atoms with Crippen molar-refractivity contribution >= 4 is 17.5 Å². The molecule has 2 rings (SSSR count). The van der Waals surface area contributed by atoms with Crippen molar-refractivity contribution in [3.63, 3.8) is 0 Å². The number of rotatable bonds is 7. The summed E-state index contributed by atoms with van der Waals surface area (Å²) in [5, 5.41) is 3.74. The number of halogens is 1. The number of nitrogens with one attached hydrogen (secondary N) is 1. The maximum Gasteiger partial charge on any atom is 0.261 e. The predicted octanol–water partition coefficient (Wildman–Crippen LogP) is 5.07. The van der Waals surface area contributed by atoms with Gasteiger partial charge in [-0.15, -0.1) is 0 Å². The quantitative estimate of drug-likeness (QED) is 0.760. The van der Waals surface area contributed by atoms with Gasteiger partial charge in [0.2, 0.25) is 0 Å². The lowest BCUT2D eigenvalue weighted by Gasteiger charge is -2.22. The summed E-state index contributed by atoms with van der Waals surface area (Å²) in [6.45, 7) is 6.05. The molecule has 2 atom stereocenters. The highest BCUT2D eigenvalue weighted by Crippen LogP contribution is 2.20. The third-order valence-corrected chi connectivity index (χ3v) is 4.21. The Labute approximate surface area is 149 Å². The van der Waals surface area contributed by atoms with E-state index in [1.165, 1.54) is 5.56 Å². The van der Waals surface area contributed by atoms with Crippen LogP contribution in [0.5, 0.6) is 5.75 Å². The molecule has 0 heterocycles. The van der Waals surface area contributed by atoms with Gasteiger partial charge in [0.15, 0.2) is 6.10 Å². The summed E-state index contributed by atoms with van der Waals surface area (Å²) in [5.74, 6) is 0.546. The minimum atomic E-state index is -0.523. The zero-order chi connectivity index (χ0) is 17.5. The van der Waals surface area contributed by atoms with Crippen LogP contribution in [-0.4, -0.2) is 12.0 Å². The summed E-state index contributed by atoms with van der Waals surface area (Å²) >= 11 is 5.88. The Balaban J connectivity index is 2.04. The molecule has 0 spiro atoms. The van der Waals surface area contributed by atoms with E-state index in [1.807, 2.05) is 6.92 Å². The molecular weight excluding hydrogens is 322 g/mol. The van der Waals surface area contributed by atoms with Gasteiger partial charge in [0.25, 0.3) is 5.91 Å². The molecular formula is C20H24ClNO2. The number of amides is 1. The highest BCUT2D eigenvalue weighted by atomic mass is 35.5. The number of hydrogen-bond donors (Lipinski definition) is 1. The van der Waals surface area contributed by atoms with Gasteiger partial charge in [0.05, 0.1) is 6.04 Å². The van der Waals surface area contributed by atoms with E-state index in [9.17, 15) is 4.79 Å². The average molecular weight is 346 g/mol. The normalized spacial score (nSPS) is 13.2. The maximum absolute atomic E-state index is 12.6. The van der Waals surface area contributed by atoms with Crippen molar-refractivity contribution in [3.05, 3.63) is 64.7 Å². The van der Waals surface area contributed by atoms with Gasteiger partial charge in [-0.1, -0.05) is 55.3 Å². The summed E-state index contributed by atoms with van der Waals surface area (Å²) in [4.78, 5) is 12.6. The van der Waals surface area contributed by atoms with Crippen molar-refractivity contribution in [2.45, 2.75) is 45.8 Å². The first kappa shape index (κ1) is 18.3. The van der Waals surface area contributed by atoms with Crippen LogP contribution in [-0.2, 0) is 4.79 Å². The highest BCUT2D eigenvalue weighted by molar-refractivity contribution is 6.30. The molecule has 0 radical (unpaired) electrons. The van der Waals surface area contributed by atoms with Gasteiger partial charge < -0.3 is 10.1 Å². The van der Waals surface area contributed by atoms with Crippen LogP contribution in [0.15, 0.2) is 48.5 Å². The molecule has 0 aliphatic rings. The lowest BCUT2D eigenvalue weighted by Crippen LogP contribution is -2.39. The molecule has 0 aliphatic carbocycles. The molecule has 0 unspecified atom stereocenters. The molecule has 1 amide bonds. The van der Waals surface area contributed by atoms with E-state index in [1.54, 1.807) is 24.3 Å². The molecule has 3 nitrogen and oxygen atoms in total. The summed E-state index contributed by atoms with van der Waals surface area (Å²) in [6, 6.07) is 15.3. The molecule has 0 fully saturated rings. The fraction of sp³-hybridized carbons (Fsp3) is 0.350. The molecule has 4 heteroatoms. The van der Waals surface area contributed by atoms with E-state index in [0.717, 1.165) is 12.0 Å². The number of ether oxygens (including phenoxy) is 1. The molecule has 24 heavy (non-hydrogen) atoms. The number of benzene rings is 2. The Bertz CT molecular complexity index is 652. The third-order valence-electron chi connectivity index (χ3n) is 3.96. The molecule has 128 valence electrons. The Kier molecular flexibility index (Phi) is 6.68. The van der Waals surface area contributed by atoms with Crippen molar-refractivity contribution in [2.24, 2.45) is 0 Å². The van der Waals surface area contributed by atoms with Gasteiger partial charge in [-0.2, -0.15) is 0 Å². The second kappa shape index (κ2) is 8.74. The van der Waals surface area contributed by atoms with Crippen LogP contribution in [0.25, 0.3) is 0 Å². The maximum atomic E-state index is 12.6. The Morgan fingerprint density at radius 3 is 2.21 bits per heavy atom. The lowest BCUT2D eigenvalue weighted by molar-refractivity contribution is -0.128. The van der Waals surface area contributed by atoms with Crippen molar-refractivity contribution in [3.8, 4) is 5.75 Å². The number of carbonyl (C=O) groups is 1. The van der Waals surface area contributed by atoms with Gasteiger partial charge in [-0.25, -0.2) is 0 Å². The van der Waals surface area contributed by atoms with E-state index in [-0.39, 0.29) is 11.9 Å². The summed E-state index contributed by atoms with van der Waals surface area (Å²) in [6.07, 6.45) is 0.899. The summed E-state index contributed by atoms with van der Waals surface area (Å²) in [7, 11) is 0. The van der Waals surface area contributed by atoms with Crippen LogP contribution in [0.4, 0.5) is 0 Å². The first-order valence-corrected chi connectivity index (χ1v) is 8.70. The standard InChI is InChI=1S/C20H24ClNO2/c1-4-18(15-8-6-14(3)7-9-15)22-20(23)19(5-2)24-17-12-10-16(21)11-13-17/h6-13,18-19H,4-5H2,1-3H3,(H,22,23)/t18-,19+/m0/s1. The molecule has 0 bridgehead atoms. The van der Waals surface area contributed by atoms with E-state index in [4.69, 9.17) is 16.3 Å². The molecule has 0 aliphatic heterocycles. The second-order valence-corrected chi connectivity index (χ2v) is 6.29. The summed E-state index contributed by atoms with van der Waals surface area (Å²) in [5.41, 5.74) is 2.32. The van der Waals surface area contributed by atoms with Crippen molar-refractivity contribution < 1.29 is 9.53 Å². The SMILES string of the molecule is CC[C@H](NC(=O)[C@@H](CC)Oc1ccc(Cl)cc1)c1ccc(C)cc1. The van der Waals surface area contributed by atoms with Gasteiger partial charge >= 0.3 is 0 Å². The first-order valence-electron chi connectivity index (χ1n) is 8.32. The zero-order valence-corrected chi connectivity index (χ0v) is 15.1. The van der Waals surface area contributed by atoms with Gasteiger partial charge in [-0.05, 0) is 49.6 Å². The van der Waals surface area contributed by atoms with Crippen molar-refractivity contribution in [1.82, 2.24) is 5.32 Å². The molecule has 0 aromatic heterocycles. The van der Waals surface area contributed by atoms with E-state index in [0.29, 0.717) is 17.2 Å². The Hall–Kier alpha value is -2.00. The van der Waals surface area contributed by atoms with Crippen LogP contribution in [0.1, 0.15) is 43.9 Å². The average Bonchev–Trinajstić information content (AvgIpc) is 2.59. The van der Waals surface area contributed by atoms with Crippen LogP contribution >= 0.6 is 11.6 Å². The molecule has 0 saturated carbocycles. The van der Waals surface area contributed by atoms with Crippen LogP contribution in [0.3, 0.4) is 0 Å². The van der Waals surface area contributed by atoms with E-state index in [2.05, 4.69) is 43.4 Å². The van der Waals surface area contributed by atoms with Crippen LogP contribution in [0, 0.1) is 6.92 Å². The van der Waals surface area contributed by atoms with Gasteiger partial charge in [-0.3, -0.25) is 4.79 Å². The zero-order valence-electron chi connectivity index (χ0n) is 14.4. The molecule has 1 N–H and O–H groups in total. The fourth-order valence-corrected chi connectivity index (χ4v) is 2.61. The smallest absolute Gasteiger partial charge is 0.261 e. The molecule has 2 aromatic rings. The molecule has 2 aromatic carbocycles. The van der Waals surface area contributed by atoms with Crippen molar-refractivity contribution in [2.75, 3.05) is 0 Å². The number of hydrogen-bond acceptors (Lipinski definition) is 2. The van der Waals surface area contributed by atoms with Crippen LogP contribution < -0.4 is 10.1 Å². The minimum Gasteiger partial charge on any atom is -0.481 e. The van der Waals surface area contributed by atoms with Gasteiger partial charge in [0, 0.05) is 5.02 Å². The largest absolute Gasteiger partial charge is 0.481 e. The number of carbonyl (C=O) groups excluding carboxylic acids is 1. The predicted molar refractivity (Wildman–Crippen MR) is 98.5 cm³/mol. The minimum absolute atomic E-state index is 0.0130. The van der Waals surface area contributed by atoms with E-state index >= 15 is 0 Å². The fourth-order valence-electron chi connectivity index (χ4n) is 2.48. The monoisotopic (exact) mass is 345 g/mol. The second-order valence-electron chi connectivity index (χ2n) is 5.85. The van der Waals surface area contributed by atoms with Gasteiger partial charge in [0.1, 0.15) is 5.75 Å². The first-order chi connectivity index (χ1) is 11.5. The number of aryl methyl sites for hydroxylation is 1. The third kappa shape index (κ3) is 5.00. The lowest BCUT2D eigenvalue weighted by atomic mass is 10.0.